The van der Waals surface area contributed by atoms with E-state index in [4.69, 9.17) is 10.1 Å². The van der Waals surface area contributed by atoms with Crippen molar-refractivity contribution in [1.29, 1.82) is 0 Å². The fourth-order valence-electron chi connectivity index (χ4n) is 4.48. The van der Waals surface area contributed by atoms with Gasteiger partial charge in [0.1, 0.15) is 5.82 Å². The van der Waals surface area contributed by atoms with Crippen LogP contribution in [0.4, 0.5) is 0 Å². The molecule has 0 unspecified atom stereocenters. The molecule has 6 heteroatoms. The Morgan fingerprint density at radius 3 is 2.61 bits per heavy atom. The topological polar surface area (TPSA) is 80.9 Å². The minimum Gasteiger partial charge on any atom is -0.476 e. The van der Waals surface area contributed by atoms with Crippen LogP contribution < -0.4 is 0 Å². The van der Waals surface area contributed by atoms with Crippen LogP contribution in [0.1, 0.15) is 73.1 Å². The molecule has 1 N–H and O–H groups in total. The molecule has 1 aliphatic carbocycles. The lowest BCUT2D eigenvalue weighted by Crippen LogP contribution is -2.10. The Hall–Kier alpha value is -3.02. The summed E-state index contributed by atoms with van der Waals surface area (Å²) in [6.45, 7) is 3.04. The number of rotatable bonds is 8. The highest BCUT2D eigenvalue weighted by Gasteiger charge is 2.18. The molecule has 6 nitrogen and oxygen atoms in total. The molecule has 0 bridgehead atoms. The maximum absolute atomic E-state index is 11.5. The van der Waals surface area contributed by atoms with E-state index in [1.54, 1.807) is 12.1 Å². The third-order valence-corrected chi connectivity index (χ3v) is 6.06. The van der Waals surface area contributed by atoms with E-state index in [-0.39, 0.29) is 5.69 Å². The van der Waals surface area contributed by atoms with Crippen LogP contribution in [0.3, 0.4) is 0 Å². The van der Waals surface area contributed by atoms with Crippen molar-refractivity contribution in [2.45, 2.75) is 64.8 Å². The van der Waals surface area contributed by atoms with Crippen LogP contribution in [0.2, 0.25) is 0 Å². The van der Waals surface area contributed by atoms with E-state index in [1.807, 2.05) is 24.3 Å². The molecule has 1 aromatic carbocycles. The summed E-state index contributed by atoms with van der Waals surface area (Å²) in [6.07, 6.45) is 10.9. The maximum Gasteiger partial charge on any atom is 0.355 e. The highest BCUT2D eigenvalue weighted by Crippen LogP contribution is 2.27. The zero-order valence-corrected chi connectivity index (χ0v) is 18.1. The average molecular weight is 419 g/mol. The van der Waals surface area contributed by atoms with Gasteiger partial charge in [0.2, 0.25) is 0 Å². The summed E-state index contributed by atoms with van der Waals surface area (Å²) in [6, 6.07) is 11.6. The summed E-state index contributed by atoms with van der Waals surface area (Å²) in [5.74, 6) is 1.69. The molecule has 0 atom stereocenters. The molecule has 1 fully saturated rings. The molecule has 1 saturated carbocycles. The van der Waals surface area contributed by atoms with Crippen LogP contribution in [-0.2, 0) is 19.4 Å². The summed E-state index contributed by atoms with van der Waals surface area (Å²) in [7, 11) is 0. The lowest BCUT2D eigenvalue weighted by atomic mass is 9.87. The first-order valence-corrected chi connectivity index (χ1v) is 11.3. The molecule has 0 aliphatic heterocycles. The lowest BCUT2D eigenvalue weighted by molar-refractivity contribution is 0.0691. The van der Waals surface area contributed by atoms with Gasteiger partial charge in [0.05, 0.1) is 0 Å². The molecule has 1 aliphatic rings. The number of hydrogen-bond acceptors (Lipinski definition) is 4. The van der Waals surface area contributed by atoms with Crippen LogP contribution in [0, 0.1) is 5.92 Å². The van der Waals surface area contributed by atoms with E-state index < -0.39 is 5.97 Å². The van der Waals surface area contributed by atoms with Gasteiger partial charge >= 0.3 is 5.97 Å². The van der Waals surface area contributed by atoms with Crippen molar-refractivity contribution in [3.05, 3.63) is 65.5 Å². The van der Waals surface area contributed by atoms with Gasteiger partial charge in [0, 0.05) is 31.1 Å². The Morgan fingerprint density at radius 2 is 1.90 bits per heavy atom. The predicted octanol–water partition coefficient (Wildman–Crippen LogP) is 5.16. The third kappa shape index (κ3) is 5.19. The van der Waals surface area contributed by atoms with Gasteiger partial charge in [0.25, 0.3) is 0 Å². The fraction of sp³-hybridized carbons (Fsp3) is 0.440. The molecule has 2 heterocycles. The first-order valence-electron chi connectivity index (χ1n) is 11.3. The highest BCUT2D eigenvalue weighted by molar-refractivity contribution is 5.93. The SMILES string of the molecule is CCCn1nc(CC2CCCCC2)nc1Cc1ccc(-c2cccnc2C(=O)O)cc1. The Bertz CT molecular complexity index is 1020. The van der Waals surface area contributed by atoms with Crippen molar-refractivity contribution in [2.75, 3.05) is 0 Å². The minimum absolute atomic E-state index is 0.0743. The number of carboxylic acid groups (broad SMARTS) is 1. The van der Waals surface area contributed by atoms with Gasteiger partial charge in [0.15, 0.2) is 11.5 Å². The van der Waals surface area contributed by atoms with Crippen LogP contribution >= 0.6 is 0 Å². The summed E-state index contributed by atoms with van der Waals surface area (Å²) >= 11 is 0. The summed E-state index contributed by atoms with van der Waals surface area (Å²) in [4.78, 5) is 20.4. The van der Waals surface area contributed by atoms with Gasteiger partial charge in [-0.15, -0.1) is 0 Å². The molecule has 0 amide bonds. The van der Waals surface area contributed by atoms with E-state index in [2.05, 4.69) is 16.6 Å². The second kappa shape index (κ2) is 9.86. The number of nitrogens with zero attached hydrogens (tertiary/aromatic N) is 4. The number of aromatic nitrogens is 4. The normalized spacial score (nSPS) is 14.6. The Morgan fingerprint density at radius 1 is 1.13 bits per heavy atom. The largest absolute Gasteiger partial charge is 0.476 e. The Balaban J connectivity index is 1.51. The fourth-order valence-corrected chi connectivity index (χ4v) is 4.48. The first kappa shape index (κ1) is 21.2. The molecule has 3 aromatic rings. The van der Waals surface area contributed by atoms with Gasteiger partial charge in [-0.3, -0.25) is 0 Å². The predicted molar refractivity (Wildman–Crippen MR) is 120 cm³/mol. The van der Waals surface area contributed by atoms with Crippen molar-refractivity contribution < 1.29 is 9.90 Å². The van der Waals surface area contributed by atoms with Crippen molar-refractivity contribution in [1.82, 2.24) is 19.7 Å². The number of carbonyl (C=O) groups is 1. The highest BCUT2D eigenvalue weighted by atomic mass is 16.4. The molecule has 0 saturated heterocycles. The molecule has 2 aromatic heterocycles. The Labute approximate surface area is 183 Å². The second-order valence-electron chi connectivity index (χ2n) is 8.45. The van der Waals surface area contributed by atoms with E-state index >= 15 is 0 Å². The molecule has 162 valence electrons. The van der Waals surface area contributed by atoms with Crippen molar-refractivity contribution in [3.8, 4) is 11.1 Å². The van der Waals surface area contributed by atoms with Crippen molar-refractivity contribution in [2.24, 2.45) is 5.92 Å². The molecule has 4 rings (SSSR count). The van der Waals surface area contributed by atoms with E-state index in [0.29, 0.717) is 5.56 Å². The first-order chi connectivity index (χ1) is 15.1. The quantitative estimate of drug-likeness (QED) is 0.546. The number of aryl methyl sites for hydroxylation is 1. The monoisotopic (exact) mass is 418 g/mol. The number of carboxylic acids is 1. The second-order valence-corrected chi connectivity index (χ2v) is 8.45. The third-order valence-electron chi connectivity index (χ3n) is 6.06. The van der Waals surface area contributed by atoms with Crippen molar-refractivity contribution >= 4 is 5.97 Å². The summed E-state index contributed by atoms with van der Waals surface area (Å²) in [5, 5.41) is 14.2. The molecular formula is C25H30N4O2. The van der Waals surface area contributed by atoms with Gasteiger partial charge < -0.3 is 5.11 Å². The molecule has 0 spiro atoms. The number of aromatic carboxylic acids is 1. The number of hydrogen-bond donors (Lipinski definition) is 1. The van der Waals surface area contributed by atoms with Gasteiger partial charge in [-0.25, -0.2) is 19.4 Å². The van der Waals surface area contributed by atoms with Gasteiger partial charge in [-0.1, -0.05) is 69.4 Å². The standard InChI is InChI=1S/C25H30N4O2/c1-2-15-29-23(27-22(28-29)16-18-7-4-3-5-8-18)17-19-10-12-20(13-11-19)21-9-6-14-26-24(21)25(30)31/h6,9-14,18H,2-5,7-8,15-17H2,1H3,(H,30,31). The smallest absolute Gasteiger partial charge is 0.355 e. The van der Waals surface area contributed by atoms with Gasteiger partial charge in [-0.2, -0.15) is 5.10 Å². The van der Waals surface area contributed by atoms with Gasteiger partial charge in [-0.05, 0) is 29.5 Å². The average Bonchev–Trinajstić information content (AvgIpc) is 3.16. The summed E-state index contributed by atoms with van der Waals surface area (Å²) < 4.78 is 2.07. The Kier molecular flexibility index (Phi) is 6.75. The van der Waals surface area contributed by atoms with Crippen molar-refractivity contribution in [3.63, 3.8) is 0 Å². The molecule has 31 heavy (non-hydrogen) atoms. The molecular weight excluding hydrogens is 388 g/mol. The van der Waals surface area contributed by atoms with Crippen LogP contribution in [0.25, 0.3) is 11.1 Å². The van der Waals surface area contributed by atoms with E-state index in [0.717, 1.165) is 54.5 Å². The zero-order valence-electron chi connectivity index (χ0n) is 18.1. The van der Waals surface area contributed by atoms with E-state index in [1.165, 1.54) is 38.3 Å². The summed E-state index contributed by atoms with van der Waals surface area (Å²) in [5.41, 5.74) is 2.69. The molecule has 0 radical (unpaired) electrons. The van der Waals surface area contributed by atoms with E-state index in [9.17, 15) is 9.90 Å². The zero-order chi connectivity index (χ0) is 21.6. The van der Waals surface area contributed by atoms with Crippen LogP contribution in [-0.4, -0.2) is 30.8 Å². The minimum atomic E-state index is -1.02. The van der Waals surface area contributed by atoms with Crippen LogP contribution in [0.5, 0.6) is 0 Å². The number of benzene rings is 1. The maximum atomic E-state index is 11.5. The van der Waals surface area contributed by atoms with Crippen LogP contribution in [0.15, 0.2) is 42.6 Å². The number of pyridine rings is 1. The lowest BCUT2D eigenvalue weighted by Gasteiger charge is -2.19.